The molecule has 0 aromatic carbocycles. The lowest BCUT2D eigenvalue weighted by Crippen LogP contribution is -2.36. The highest BCUT2D eigenvalue weighted by atomic mass is 16.5. The summed E-state index contributed by atoms with van der Waals surface area (Å²) in [6.45, 7) is 10.4. The third kappa shape index (κ3) is 6.97. The normalized spacial score (nSPS) is 18.1. The van der Waals surface area contributed by atoms with E-state index in [0.717, 1.165) is 6.54 Å². The van der Waals surface area contributed by atoms with E-state index in [1.807, 2.05) is 13.8 Å². The van der Waals surface area contributed by atoms with Crippen molar-refractivity contribution in [1.29, 1.82) is 0 Å². The Balaban J connectivity index is 2.14. The van der Waals surface area contributed by atoms with Gasteiger partial charge in [0, 0.05) is 44.4 Å². The lowest BCUT2D eigenvalue weighted by Gasteiger charge is -2.16. The molecule has 1 unspecified atom stereocenters. The SMILES string of the molecule is CC(C)NCCOCCNC(=O)CCN1C(=O)CC(C(C)C)C1=O. The molecular formula is C17H31N3O4. The van der Waals surface area contributed by atoms with Crippen molar-refractivity contribution in [3.8, 4) is 0 Å². The standard InChI is InChI=1S/C17H31N3O4/c1-12(2)14-11-16(22)20(17(14)23)8-5-15(21)19-7-10-24-9-6-18-13(3)4/h12-14,18H,5-11H2,1-4H3,(H,19,21). The van der Waals surface area contributed by atoms with E-state index in [9.17, 15) is 14.4 Å². The number of carbonyl (C=O) groups is 3. The second-order valence-electron chi connectivity index (χ2n) is 6.76. The molecule has 3 amide bonds. The Labute approximate surface area is 144 Å². The minimum absolute atomic E-state index is 0.136. The number of rotatable bonds is 11. The second kappa shape index (κ2) is 10.4. The fourth-order valence-corrected chi connectivity index (χ4v) is 2.55. The quantitative estimate of drug-likeness (QED) is 0.423. The van der Waals surface area contributed by atoms with Crippen LogP contribution in [0.25, 0.3) is 0 Å². The summed E-state index contributed by atoms with van der Waals surface area (Å²) in [4.78, 5) is 37.0. The van der Waals surface area contributed by atoms with Crippen LogP contribution in [0, 0.1) is 11.8 Å². The van der Waals surface area contributed by atoms with Crippen LogP contribution in [0.1, 0.15) is 40.5 Å². The number of ether oxygens (including phenoxy) is 1. The number of carbonyl (C=O) groups excluding carboxylic acids is 3. The molecule has 0 aliphatic carbocycles. The Morgan fingerprint density at radius 3 is 2.46 bits per heavy atom. The zero-order valence-electron chi connectivity index (χ0n) is 15.3. The number of amides is 3. The molecule has 0 aromatic heterocycles. The van der Waals surface area contributed by atoms with Gasteiger partial charge in [-0.15, -0.1) is 0 Å². The monoisotopic (exact) mass is 341 g/mol. The summed E-state index contributed by atoms with van der Waals surface area (Å²) in [6.07, 6.45) is 0.396. The second-order valence-corrected chi connectivity index (χ2v) is 6.76. The van der Waals surface area contributed by atoms with Gasteiger partial charge in [0.1, 0.15) is 0 Å². The van der Waals surface area contributed by atoms with Gasteiger partial charge >= 0.3 is 0 Å². The summed E-state index contributed by atoms with van der Waals surface area (Å²) in [5.41, 5.74) is 0. The van der Waals surface area contributed by atoms with Gasteiger partial charge in [-0.2, -0.15) is 0 Å². The number of nitrogens with zero attached hydrogens (tertiary/aromatic N) is 1. The number of hydrogen-bond acceptors (Lipinski definition) is 5. The minimum atomic E-state index is -0.242. The molecule has 0 bridgehead atoms. The molecule has 1 aliphatic rings. The molecule has 1 fully saturated rings. The van der Waals surface area contributed by atoms with Gasteiger partial charge in [-0.3, -0.25) is 19.3 Å². The van der Waals surface area contributed by atoms with Crippen LogP contribution in [0.3, 0.4) is 0 Å². The van der Waals surface area contributed by atoms with Gasteiger partial charge < -0.3 is 15.4 Å². The zero-order valence-corrected chi connectivity index (χ0v) is 15.3. The summed E-state index contributed by atoms with van der Waals surface area (Å²) in [5, 5.41) is 5.97. The number of nitrogens with one attached hydrogen (secondary N) is 2. The van der Waals surface area contributed by atoms with Crippen molar-refractivity contribution in [2.75, 3.05) is 32.8 Å². The Bertz CT molecular complexity index is 438. The molecule has 0 aromatic rings. The van der Waals surface area contributed by atoms with Crippen molar-refractivity contribution in [3.63, 3.8) is 0 Å². The number of likely N-dealkylation sites (tertiary alicyclic amines) is 1. The predicted molar refractivity (Wildman–Crippen MR) is 91.2 cm³/mol. The number of hydrogen-bond donors (Lipinski definition) is 2. The van der Waals surface area contributed by atoms with Crippen LogP contribution in [0.5, 0.6) is 0 Å². The summed E-state index contributed by atoms with van der Waals surface area (Å²) in [5.74, 6) is -0.597. The van der Waals surface area contributed by atoms with Crippen molar-refractivity contribution >= 4 is 17.7 Å². The third-order valence-corrected chi connectivity index (χ3v) is 4.01. The lowest BCUT2D eigenvalue weighted by atomic mass is 9.94. The maximum atomic E-state index is 12.1. The van der Waals surface area contributed by atoms with E-state index in [1.165, 1.54) is 4.90 Å². The van der Waals surface area contributed by atoms with Gasteiger partial charge in [0.05, 0.1) is 13.2 Å². The van der Waals surface area contributed by atoms with Crippen LogP contribution in [-0.4, -0.2) is 61.5 Å². The van der Waals surface area contributed by atoms with Crippen LogP contribution >= 0.6 is 0 Å². The molecule has 7 heteroatoms. The van der Waals surface area contributed by atoms with E-state index in [1.54, 1.807) is 0 Å². The molecule has 1 rings (SSSR count). The van der Waals surface area contributed by atoms with Gasteiger partial charge in [0.15, 0.2) is 0 Å². The molecule has 2 N–H and O–H groups in total. The molecule has 1 atom stereocenters. The van der Waals surface area contributed by atoms with Crippen molar-refractivity contribution in [1.82, 2.24) is 15.5 Å². The van der Waals surface area contributed by atoms with Crippen molar-refractivity contribution < 1.29 is 19.1 Å². The largest absolute Gasteiger partial charge is 0.378 e. The lowest BCUT2D eigenvalue weighted by molar-refractivity contribution is -0.140. The Morgan fingerprint density at radius 1 is 1.21 bits per heavy atom. The third-order valence-electron chi connectivity index (χ3n) is 4.01. The van der Waals surface area contributed by atoms with Gasteiger partial charge in [-0.1, -0.05) is 27.7 Å². The van der Waals surface area contributed by atoms with Gasteiger partial charge in [0.2, 0.25) is 17.7 Å². The first-order valence-electron chi connectivity index (χ1n) is 8.75. The maximum Gasteiger partial charge on any atom is 0.233 e. The van der Waals surface area contributed by atoms with Crippen molar-refractivity contribution in [2.45, 2.75) is 46.6 Å². The topological polar surface area (TPSA) is 87.7 Å². The van der Waals surface area contributed by atoms with E-state index < -0.39 is 0 Å². The molecule has 0 saturated carbocycles. The molecule has 1 heterocycles. The van der Waals surface area contributed by atoms with Gasteiger partial charge in [-0.05, 0) is 5.92 Å². The van der Waals surface area contributed by atoms with Crippen LogP contribution < -0.4 is 10.6 Å². The Kier molecular flexibility index (Phi) is 8.92. The van der Waals surface area contributed by atoms with E-state index in [0.29, 0.717) is 25.8 Å². The van der Waals surface area contributed by atoms with Crippen molar-refractivity contribution in [2.24, 2.45) is 11.8 Å². The molecule has 0 spiro atoms. The predicted octanol–water partition coefficient (Wildman–Crippen LogP) is 0.538. The first-order valence-corrected chi connectivity index (χ1v) is 8.75. The smallest absolute Gasteiger partial charge is 0.233 e. The fraction of sp³-hybridized carbons (Fsp3) is 0.824. The average molecular weight is 341 g/mol. The van der Waals surface area contributed by atoms with Crippen LogP contribution in [0.2, 0.25) is 0 Å². The molecule has 138 valence electrons. The average Bonchev–Trinajstić information content (AvgIpc) is 2.79. The number of imide groups is 1. The van der Waals surface area contributed by atoms with Crippen LogP contribution in [-0.2, 0) is 19.1 Å². The highest BCUT2D eigenvalue weighted by molar-refractivity contribution is 6.03. The summed E-state index contributed by atoms with van der Waals surface area (Å²) in [6, 6.07) is 0.430. The van der Waals surface area contributed by atoms with Crippen LogP contribution in [0.15, 0.2) is 0 Å². The first kappa shape index (κ1) is 20.6. The molecule has 1 aliphatic heterocycles. The van der Waals surface area contributed by atoms with Crippen LogP contribution in [0.4, 0.5) is 0 Å². The Morgan fingerprint density at radius 2 is 1.88 bits per heavy atom. The Hall–Kier alpha value is -1.47. The van der Waals surface area contributed by atoms with Gasteiger partial charge in [0.25, 0.3) is 0 Å². The van der Waals surface area contributed by atoms with Gasteiger partial charge in [-0.25, -0.2) is 0 Å². The van der Waals surface area contributed by atoms with E-state index in [4.69, 9.17) is 4.74 Å². The molecule has 7 nitrogen and oxygen atoms in total. The first-order chi connectivity index (χ1) is 11.3. The zero-order chi connectivity index (χ0) is 18.1. The summed E-state index contributed by atoms with van der Waals surface area (Å²) in [7, 11) is 0. The summed E-state index contributed by atoms with van der Waals surface area (Å²) < 4.78 is 5.39. The summed E-state index contributed by atoms with van der Waals surface area (Å²) >= 11 is 0. The fourth-order valence-electron chi connectivity index (χ4n) is 2.55. The van der Waals surface area contributed by atoms with Crippen molar-refractivity contribution in [3.05, 3.63) is 0 Å². The maximum absolute atomic E-state index is 12.1. The van der Waals surface area contributed by atoms with E-state index in [2.05, 4.69) is 24.5 Å². The molecular weight excluding hydrogens is 310 g/mol. The van der Waals surface area contributed by atoms with E-state index in [-0.39, 0.29) is 48.9 Å². The molecule has 0 radical (unpaired) electrons. The highest BCUT2D eigenvalue weighted by Gasteiger charge is 2.39. The molecule has 24 heavy (non-hydrogen) atoms. The van der Waals surface area contributed by atoms with E-state index >= 15 is 0 Å². The minimum Gasteiger partial charge on any atom is -0.378 e. The highest BCUT2D eigenvalue weighted by Crippen LogP contribution is 2.26. The molecule has 1 saturated heterocycles.